The smallest absolute Gasteiger partial charge is 0.238 e. The Morgan fingerprint density at radius 3 is 2.19 bits per heavy atom. The summed E-state index contributed by atoms with van der Waals surface area (Å²) in [5.41, 5.74) is 0.960. The number of fused-ring (bicyclic) bond motifs is 3. The highest BCUT2D eigenvalue weighted by Crippen LogP contribution is 2.73. The van der Waals surface area contributed by atoms with Gasteiger partial charge < -0.3 is 0 Å². The van der Waals surface area contributed by atoms with Crippen LogP contribution in [-0.2, 0) is 9.59 Å². The monoisotopic (exact) mass is 343 g/mol. The summed E-state index contributed by atoms with van der Waals surface area (Å²) in [6.45, 7) is 0. The summed E-state index contributed by atoms with van der Waals surface area (Å²) in [4.78, 5) is 27.2. The van der Waals surface area contributed by atoms with Crippen molar-refractivity contribution in [2.24, 2.45) is 29.1 Å². The molecule has 3 fully saturated rings. The van der Waals surface area contributed by atoms with E-state index in [1.165, 1.54) is 17.7 Å². The van der Waals surface area contributed by atoms with Crippen LogP contribution < -0.4 is 4.90 Å². The summed E-state index contributed by atoms with van der Waals surface area (Å²) in [5.74, 6) is 0.364. The van der Waals surface area contributed by atoms with Gasteiger partial charge in [-0.2, -0.15) is 0 Å². The highest BCUT2D eigenvalue weighted by Gasteiger charge is 2.73. The first-order valence-electron chi connectivity index (χ1n) is 7.45. The van der Waals surface area contributed by atoms with Crippen molar-refractivity contribution in [1.29, 1.82) is 0 Å². The Balaban J connectivity index is 1.59. The Hall–Kier alpha value is -1.42. The normalized spacial score (nSPS) is 37.7. The van der Waals surface area contributed by atoms with Crippen molar-refractivity contribution < 1.29 is 9.59 Å². The number of halogens is 1. The molecule has 1 heterocycles. The van der Waals surface area contributed by atoms with Crippen LogP contribution in [0.1, 0.15) is 12.8 Å². The number of allylic oxidation sites excluding steroid dienone is 2. The average molecular weight is 344 g/mol. The summed E-state index contributed by atoms with van der Waals surface area (Å²) in [7, 11) is 0. The largest absolute Gasteiger partial charge is 0.274 e. The number of benzene rings is 1. The number of amides is 2. The maximum atomic E-state index is 12.9. The van der Waals surface area contributed by atoms with E-state index in [0.717, 1.165) is 4.47 Å². The second-order valence-electron chi connectivity index (χ2n) is 6.71. The van der Waals surface area contributed by atoms with E-state index in [4.69, 9.17) is 0 Å². The maximum absolute atomic E-state index is 12.9. The highest BCUT2D eigenvalue weighted by atomic mass is 79.9. The maximum Gasteiger partial charge on any atom is 0.238 e. The fourth-order valence-electron chi connectivity index (χ4n) is 4.95. The summed E-state index contributed by atoms with van der Waals surface area (Å²) in [5, 5.41) is 0. The van der Waals surface area contributed by atoms with Gasteiger partial charge in [0.2, 0.25) is 11.8 Å². The second-order valence-corrected chi connectivity index (χ2v) is 7.63. The third-order valence-corrected chi connectivity index (χ3v) is 6.41. The van der Waals surface area contributed by atoms with Crippen molar-refractivity contribution in [2.75, 3.05) is 4.90 Å². The number of anilines is 1. The molecule has 1 aliphatic heterocycles. The Morgan fingerprint density at radius 2 is 1.67 bits per heavy atom. The van der Waals surface area contributed by atoms with E-state index in [9.17, 15) is 9.59 Å². The topological polar surface area (TPSA) is 37.4 Å². The summed E-state index contributed by atoms with van der Waals surface area (Å²) in [6.07, 6.45) is 6.77. The lowest BCUT2D eigenvalue weighted by atomic mass is 9.85. The summed E-state index contributed by atoms with van der Waals surface area (Å²) < 4.78 is 0.886. The summed E-state index contributed by atoms with van der Waals surface area (Å²) in [6, 6.07) is 7.45. The highest BCUT2D eigenvalue weighted by molar-refractivity contribution is 9.10. The molecular weight excluding hydrogens is 330 g/mol. The van der Waals surface area contributed by atoms with E-state index in [2.05, 4.69) is 28.1 Å². The van der Waals surface area contributed by atoms with Gasteiger partial charge in [0.25, 0.3) is 0 Å². The first-order valence-corrected chi connectivity index (χ1v) is 8.24. The van der Waals surface area contributed by atoms with Crippen molar-refractivity contribution in [2.45, 2.75) is 12.8 Å². The van der Waals surface area contributed by atoms with Crippen LogP contribution in [0.4, 0.5) is 5.69 Å². The van der Waals surface area contributed by atoms with E-state index in [-0.39, 0.29) is 29.1 Å². The Labute approximate surface area is 131 Å². The third kappa shape index (κ3) is 1.30. The van der Waals surface area contributed by atoms with Crippen LogP contribution in [0.5, 0.6) is 0 Å². The Kier molecular flexibility index (Phi) is 2.12. The molecule has 2 amide bonds. The van der Waals surface area contributed by atoms with Crippen LogP contribution in [0, 0.1) is 29.1 Å². The number of rotatable bonds is 1. The van der Waals surface area contributed by atoms with Gasteiger partial charge in [-0.1, -0.05) is 34.1 Å². The van der Waals surface area contributed by atoms with E-state index in [1.54, 1.807) is 0 Å². The van der Waals surface area contributed by atoms with Crippen LogP contribution in [0.15, 0.2) is 40.9 Å². The third-order valence-electron chi connectivity index (χ3n) is 5.92. The van der Waals surface area contributed by atoms with E-state index in [0.29, 0.717) is 17.5 Å². The number of carbonyl (C=O) groups excluding carboxylic acids is 2. The van der Waals surface area contributed by atoms with E-state index in [1.807, 2.05) is 24.3 Å². The van der Waals surface area contributed by atoms with Crippen molar-refractivity contribution in [3.63, 3.8) is 0 Å². The lowest BCUT2D eigenvalue weighted by molar-refractivity contribution is -0.123. The molecule has 0 N–H and O–H groups in total. The molecule has 0 radical (unpaired) electrons. The SMILES string of the molecule is O=C1[C@@H]2[C@@H](C(=O)N1c1cccc(Br)c1)[C@H]1C=C[C@H]2C12CC2. The van der Waals surface area contributed by atoms with Gasteiger partial charge in [0.05, 0.1) is 17.5 Å². The van der Waals surface area contributed by atoms with Crippen LogP contribution in [0.3, 0.4) is 0 Å². The molecule has 4 aliphatic rings. The fraction of sp³-hybridized carbons (Fsp3) is 0.412. The first kappa shape index (κ1) is 12.2. The molecule has 5 rings (SSSR count). The lowest BCUT2D eigenvalue weighted by Gasteiger charge is -2.21. The molecule has 2 bridgehead atoms. The molecule has 1 aromatic rings. The molecular formula is C17H14BrNO2. The van der Waals surface area contributed by atoms with Gasteiger partial charge >= 0.3 is 0 Å². The Morgan fingerprint density at radius 1 is 1.05 bits per heavy atom. The molecule has 21 heavy (non-hydrogen) atoms. The van der Waals surface area contributed by atoms with Crippen LogP contribution in [-0.4, -0.2) is 11.8 Å². The molecule has 0 unspecified atom stereocenters. The van der Waals surface area contributed by atoms with Gasteiger partial charge in [-0.05, 0) is 48.3 Å². The van der Waals surface area contributed by atoms with Crippen LogP contribution >= 0.6 is 15.9 Å². The molecule has 1 spiro atoms. The minimum absolute atomic E-state index is 0.00576. The molecule has 3 aliphatic carbocycles. The van der Waals surface area contributed by atoms with Crippen molar-refractivity contribution in [3.05, 3.63) is 40.9 Å². The first-order chi connectivity index (χ1) is 10.1. The lowest BCUT2D eigenvalue weighted by Crippen LogP contribution is -2.34. The van der Waals surface area contributed by atoms with Crippen LogP contribution in [0.2, 0.25) is 0 Å². The minimum atomic E-state index is -0.117. The van der Waals surface area contributed by atoms with Crippen molar-refractivity contribution in [3.8, 4) is 0 Å². The molecule has 106 valence electrons. The van der Waals surface area contributed by atoms with Crippen molar-refractivity contribution in [1.82, 2.24) is 0 Å². The van der Waals surface area contributed by atoms with Gasteiger partial charge in [0.1, 0.15) is 0 Å². The number of imide groups is 1. The molecule has 4 atom stereocenters. The van der Waals surface area contributed by atoms with Crippen LogP contribution in [0.25, 0.3) is 0 Å². The summed E-state index contributed by atoms with van der Waals surface area (Å²) >= 11 is 3.41. The molecule has 0 aromatic heterocycles. The zero-order valence-corrected chi connectivity index (χ0v) is 12.9. The standard InChI is InChI=1S/C17H14BrNO2/c18-9-2-1-3-10(8-9)19-15(20)13-11-4-5-12(14(13)16(19)21)17(11)6-7-17/h1-5,8,11-14H,6-7H2/t11-,12-,13+,14+/m1/s1. The number of carbonyl (C=O) groups is 2. The van der Waals surface area contributed by atoms with Gasteiger partial charge in [-0.25, -0.2) is 4.90 Å². The zero-order valence-electron chi connectivity index (χ0n) is 11.3. The fourth-order valence-corrected chi connectivity index (χ4v) is 5.34. The average Bonchev–Trinajstić information content (AvgIpc) is 3.05. The van der Waals surface area contributed by atoms with E-state index < -0.39 is 0 Å². The van der Waals surface area contributed by atoms with Gasteiger partial charge in [0.15, 0.2) is 0 Å². The number of hydrogen-bond donors (Lipinski definition) is 0. The van der Waals surface area contributed by atoms with Gasteiger partial charge in [-0.3, -0.25) is 9.59 Å². The predicted molar refractivity (Wildman–Crippen MR) is 81.4 cm³/mol. The minimum Gasteiger partial charge on any atom is -0.274 e. The van der Waals surface area contributed by atoms with E-state index >= 15 is 0 Å². The molecule has 1 aromatic carbocycles. The zero-order chi connectivity index (χ0) is 14.4. The molecule has 4 heteroatoms. The number of hydrogen-bond acceptors (Lipinski definition) is 2. The van der Waals surface area contributed by atoms with Crippen molar-refractivity contribution >= 4 is 33.4 Å². The van der Waals surface area contributed by atoms with Gasteiger partial charge in [-0.15, -0.1) is 0 Å². The molecule has 3 nitrogen and oxygen atoms in total. The Bertz CT molecular complexity index is 687. The number of nitrogens with zero attached hydrogens (tertiary/aromatic N) is 1. The predicted octanol–water partition coefficient (Wildman–Crippen LogP) is 3.15. The molecule has 2 saturated carbocycles. The molecule has 1 saturated heterocycles. The second kappa shape index (κ2) is 3.67. The quantitative estimate of drug-likeness (QED) is 0.580. The van der Waals surface area contributed by atoms with Gasteiger partial charge in [0, 0.05) is 4.47 Å².